The lowest BCUT2D eigenvalue weighted by Gasteiger charge is -2.12. The average Bonchev–Trinajstić information content (AvgIpc) is 2.64. The summed E-state index contributed by atoms with van der Waals surface area (Å²) in [6, 6.07) is 8.31. The van der Waals surface area contributed by atoms with Crippen LogP contribution < -0.4 is 11.1 Å². The van der Waals surface area contributed by atoms with Crippen molar-refractivity contribution in [3.63, 3.8) is 0 Å². The van der Waals surface area contributed by atoms with E-state index in [2.05, 4.69) is 49.7 Å². The summed E-state index contributed by atoms with van der Waals surface area (Å²) in [7, 11) is 0. The number of anilines is 2. The minimum Gasteiger partial charge on any atom is -0.367 e. The van der Waals surface area contributed by atoms with E-state index in [1.165, 1.54) is 17.1 Å². The van der Waals surface area contributed by atoms with E-state index < -0.39 is 0 Å². The van der Waals surface area contributed by atoms with Gasteiger partial charge in [-0.1, -0.05) is 28.1 Å². The highest BCUT2D eigenvalue weighted by Crippen LogP contribution is 2.23. The van der Waals surface area contributed by atoms with E-state index >= 15 is 0 Å². The van der Waals surface area contributed by atoms with E-state index in [1.54, 1.807) is 0 Å². The van der Waals surface area contributed by atoms with Gasteiger partial charge in [-0.15, -0.1) is 0 Å². The Morgan fingerprint density at radius 3 is 2.94 bits per heavy atom. The summed E-state index contributed by atoms with van der Waals surface area (Å²) in [5.74, 6) is 0.314. The lowest BCUT2D eigenvalue weighted by atomic mass is 10.1. The molecule has 0 spiro atoms. The van der Waals surface area contributed by atoms with Gasteiger partial charge in [-0.05, 0) is 24.6 Å². The maximum absolute atomic E-state index is 5.46. The fourth-order valence-corrected chi connectivity index (χ4v) is 2.34. The van der Waals surface area contributed by atoms with Crippen molar-refractivity contribution in [2.24, 2.45) is 0 Å². The first-order chi connectivity index (χ1) is 7.65. The standard InChI is InChI=1S/C10H11BrN4S/c1-6(7-3-2-4-8(11)5-7)13-10-14-9(12)15-16-10/h2-6H,1H3,(H3,12,13,14,15). The highest BCUT2D eigenvalue weighted by Gasteiger charge is 2.08. The molecule has 0 fully saturated rings. The number of nitrogens with two attached hydrogens (primary N) is 1. The number of nitrogens with zero attached hydrogens (tertiary/aromatic N) is 2. The lowest BCUT2D eigenvalue weighted by Crippen LogP contribution is -2.06. The summed E-state index contributed by atoms with van der Waals surface area (Å²) in [6.45, 7) is 2.07. The zero-order valence-electron chi connectivity index (χ0n) is 8.64. The maximum atomic E-state index is 5.46. The Morgan fingerprint density at radius 2 is 2.31 bits per heavy atom. The molecule has 0 saturated heterocycles. The van der Waals surface area contributed by atoms with Crippen molar-refractivity contribution < 1.29 is 0 Å². The second-order valence-corrected chi connectivity index (χ2v) is 5.05. The molecule has 0 radical (unpaired) electrons. The van der Waals surface area contributed by atoms with Gasteiger partial charge in [0.15, 0.2) is 0 Å². The summed E-state index contributed by atoms with van der Waals surface area (Å²) < 4.78 is 4.98. The van der Waals surface area contributed by atoms with Crippen LogP contribution in [0.5, 0.6) is 0 Å². The van der Waals surface area contributed by atoms with Gasteiger partial charge >= 0.3 is 0 Å². The molecule has 3 N–H and O–H groups in total. The lowest BCUT2D eigenvalue weighted by molar-refractivity contribution is 0.881. The Hall–Kier alpha value is -1.14. The van der Waals surface area contributed by atoms with Crippen LogP contribution in [0.15, 0.2) is 28.7 Å². The number of halogens is 1. The molecule has 0 bridgehead atoms. The van der Waals surface area contributed by atoms with Crippen LogP contribution in [0.25, 0.3) is 0 Å². The molecule has 84 valence electrons. The third kappa shape index (κ3) is 2.70. The summed E-state index contributed by atoms with van der Waals surface area (Å²) in [5.41, 5.74) is 6.64. The van der Waals surface area contributed by atoms with E-state index in [9.17, 15) is 0 Å². The highest BCUT2D eigenvalue weighted by molar-refractivity contribution is 9.10. The maximum Gasteiger partial charge on any atom is 0.233 e. The van der Waals surface area contributed by atoms with Gasteiger partial charge in [0.05, 0.1) is 6.04 Å². The zero-order chi connectivity index (χ0) is 11.5. The van der Waals surface area contributed by atoms with Crippen LogP contribution in [0.1, 0.15) is 18.5 Å². The Kier molecular flexibility index (Phi) is 3.40. The third-order valence-electron chi connectivity index (χ3n) is 2.13. The van der Waals surface area contributed by atoms with Gasteiger partial charge in [0.25, 0.3) is 0 Å². The molecule has 6 heteroatoms. The highest BCUT2D eigenvalue weighted by atomic mass is 79.9. The molecule has 0 aliphatic heterocycles. The Bertz CT molecular complexity index is 485. The van der Waals surface area contributed by atoms with Crippen LogP contribution in [0.4, 0.5) is 11.1 Å². The van der Waals surface area contributed by atoms with E-state index in [0.717, 1.165) is 9.60 Å². The first-order valence-corrected chi connectivity index (χ1v) is 6.33. The molecular formula is C10H11BrN4S. The molecule has 1 unspecified atom stereocenters. The number of hydrogen-bond donors (Lipinski definition) is 2. The molecule has 1 aromatic carbocycles. The van der Waals surface area contributed by atoms with E-state index in [4.69, 9.17) is 5.73 Å². The van der Waals surface area contributed by atoms with Gasteiger partial charge in [0, 0.05) is 16.0 Å². The molecule has 2 aromatic rings. The first-order valence-electron chi connectivity index (χ1n) is 4.76. The van der Waals surface area contributed by atoms with Gasteiger partial charge in [0.2, 0.25) is 11.1 Å². The van der Waals surface area contributed by atoms with Crippen molar-refractivity contribution in [3.05, 3.63) is 34.3 Å². The third-order valence-corrected chi connectivity index (χ3v) is 3.28. The van der Waals surface area contributed by atoms with E-state index in [-0.39, 0.29) is 6.04 Å². The van der Waals surface area contributed by atoms with Crippen LogP contribution in [-0.2, 0) is 0 Å². The summed E-state index contributed by atoms with van der Waals surface area (Å²) in [5, 5.41) is 3.99. The zero-order valence-corrected chi connectivity index (χ0v) is 11.0. The van der Waals surface area contributed by atoms with Crippen molar-refractivity contribution in [2.75, 3.05) is 11.1 Å². The molecule has 2 rings (SSSR count). The summed E-state index contributed by atoms with van der Waals surface area (Å²) in [6.07, 6.45) is 0. The quantitative estimate of drug-likeness (QED) is 0.914. The van der Waals surface area contributed by atoms with Crippen LogP contribution in [0, 0.1) is 0 Å². The van der Waals surface area contributed by atoms with Crippen molar-refractivity contribution >= 4 is 38.5 Å². The second kappa shape index (κ2) is 4.80. The number of rotatable bonds is 3. The molecular weight excluding hydrogens is 288 g/mol. The fourth-order valence-electron chi connectivity index (χ4n) is 1.34. The molecule has 1 aromatic heterocycles. The van der Waals surface area contributed by atoms with Crippen molar-refractivity contribution in [1.29, 1.82) is 0 Å². The normalized spacial score (nSPS) is 12.4. The molecule has 1 heterocycles. The van der Waals surface area contributed by atoms with Crippen LogP contribution in [-0.4, -0.2) is 9.36 Å². The number of hydrogen-bond acceptors (Lipinski definition) is 5. The largest absolute Gasteiger partial charge is 0.367 e. The molecule has 16 heavy (non-hydrogen) atoms. The van der Waals surface area contributed by atoms with Gasteiger partial charge < -0.3 is 11.1 Å². The first kappa shape index (κ1) is 11.3. The number of aromatic nitrogens is 2. The Labute approximate surface area is 106 Å². The average molecular weight is 299 g/mol. The minimum atomic E-state index is 0.171. The van der Waals surface area contributed by atoms with E-state index in [1.807, 2.05) is 12.1 Å². The van der Waals surface area contributed by atoms with Gasteiger partial charge in [-0.3, -0.25) is 0 Å². The van der Waals surface area contributed by atoms with Gasteiger partial charge in [-0.2, -0.15) is 9.36 Å². The van der Waals surface area contributed by atoms with E-state index in [0.29, 0.717) is 5.95 Å². The molecule has 0 amide bonds. The monoisotopic (exact) mass is 298 g/mol. The molecule has 4 nitrogen and oxygen atoms in total. The summed E-state index contributed by atoms with van der Waals surface area (Å²) in [4.78, 5) is 4.06. The van der Waals surface area contributed by atoms with Crippen molar-refractivity contribution in [3.8, 4) is 0 Å². The Morgan fingerprint density at radius 1 is 1.50 bits per heavy atom. The molecule has 0 aliphatic rings. The second-order valence-electron chi connectivity index (χ2n) is 3.38. The fraction of sp³-hybridized carbons (Fsp3) is 0.200. The smallest absolute Gasteiger partial charge is 0.233 e. The molecule has 0 aliphatic carbocycles. The predicted molar refractivity (Wildman–Crippen MR) is 70.5 cm³/mol. The van der Waals surface area contributed by atoms with Crippen molar-refractivity contribution in [2.45, 2.75) is 13.0 Å². The van der Waals surface area contributed by atoms with Crippen molar-refractivity contribution in [1.82, 2.24) is 9.36 Å². The topological polar surface area (TPSA) is 63.8 Å². The number of benzene rings is 1. The number of nitrogen functional groups attached to an aromatic ring is 1. The van der Waals surface area contributed by atoms with Crippen LogP contribution >= 0.6 is 27.5 Å². The minimum absolute atomic E-state index is 0.171. The number of nitrogens with one attached hydrogen (secondary N) is 1. The predicted octanol–water partition coefficient (Wildman–Crippen LogP) is 3.06. The summed E-state index contributed by atoms with van der Waals surface area (Å²) >= 11 is 4.71. The molecule has 0 saturated carbocycles. The SMILES string of the molecule is CC(Nc1nc(N)ns1)c1cccc(Br)c1. The van der Waals surface area contributed by atoms with Gasteiger partial charge in [-0.25, -0.2) is 0 Å². The van der Waals surface area contributed by atoms with Crippen LogP contribution in [0.2, 0.25) is 0 Å². The Balaban J connectivity index is 2.11. The van der Waals surface area contributed by atoms with Crippen LogP contribution in [0.3, 0.4) is 0 Å². The van der Waals surface area contributed by atoms with Gasteiger partial charge in [0.1, 0.15) is 0 Å². The molecule has 1 atom stereocenters.